The number of hydrogen-bond donors (Lipinski definition) is 2. The van der Waals surface area contributed by atoms with E-state index in [-0.39, 0.29) is 11.4 Å². The number of thioether (sulfide) groups is 2. The van der Waals surface area contributed by atoms with Crippen LogP contribution >= 0.6 is 23.5 Å². The number of fused-ring (bicyclic) bond motifs is 4. The average molecular weight is 819 g/mol. The Morgan fingerprint density at radius 1 is 0.655 bits per heavy atom. The summed E-state index contributed by atoms with van der Waals surface area (Å²) in [6.07, 6.45) is 8.79. The second-order valence-corrected chi connectivity index (χ2v) is 16.3. The van der Waals surface area contributed by atoms with E-state index in [4.69, 9.17) is 19.3 Å². The molecule has 0 saturated carbocycles. The Labute approximate surface area is 342 Å². The number of ether oxygens (including phenoxy) is 3. The molecule has 2 fully saturated rings. The van der Waals surface area contributed by atoms with Crippen LogP contribution in [0.5, 0.6) is 11.5 Å². The standard InChI is InChI=1S/C22H18N2O5S.C16H15NO3S.C5H5NO/c25-17-15-5-1-2-6-16(15)19-20(18(17)26)30-13-22(29-19)7-10-24(11-8-22)21(27)28-14-4-3-9-23-12-14;18-12-10-3-1-2-4-11(10)14-15(13(12)19)21-9-16(20-14)5-7-17-8-6-16;7-5-2-1-3-6-4-5/h1-6,9,12H,7-8,10-11,13H2;1-4,17H,5-9H2;1-4,7H. The molecule has 2 aromatic carbocycles. The average Bonchev–Trinajstić information content (AvgIpc) is 3.26. The monoisotopic (exact) mass is 818 g/mol. The van der Waals surface area contributed by atoms with Gasteiger partial charge in [0, 0.05) is 84.9 Å². The van der Waals surface area contributed by atoms with Gasteiger partial charge in [-0.15, -0.1) is 23.5 Å². The summed E-state index contributed by atoms with van der Waals surface area (Å²) in [6, 6.07) is 20.9. The van der Waals surface area contributed by atoms with Crippen LogP contribution in [0.25, 0.3) is 11.5 Å². The number of aromatic hydroxyl groups is 1. The van der Waals surface area contributed by atoms with Crippen LogP contribution in [0.15, 0.2) is 107 Å². The topological polar surface area (TPSA) is 174 Å². The summed E-state index contributed by atoms with van der Waals surface area (Å²) in [4.78, 5) is 71.9. The van der Waals surface area contributed by atoms with E-state index < -0.39 is 34.8 Å². The second-order valence-electron chi connectivity index (χ2n) is 14.4. The van der Waals surface area contributed by atoms with E-state index in [0.29, 0.717) is 75.5 Å². The fraction of sp³-hybridized carbons (Fsp3) is 0.279. The van der Waals surface area contributed by atoms with E-state index in [2.05, 4.69) is 15.3 Å². The molecule has 0 atom stereocenters. The predicted octanol–water partition coefficient (Wildman–Crippen LogP) is 6.11. The molecule has 2 aromatic heterocycles. The lowest BCUT2D eigenvalue weighted by atomic mass is 9.90. The van der Waals surface area contributed by atoms with Gasteiger partial charge in [0.15, 0.2) is 5.75 Å². The van der Waals surface area contributed by atoms with E-state index in [1.54, 1.807) is 65.8 Å². The smallest absolute Gasteiger partial charge is 0.415 e. The zero-order valence-corrected chi connectivity index (χ0v) is 32.8. The van der Waals surface area contributed by atoms with Crippen molar-refractivity contribution >= 4 is 64.3 Å². The van der Waals surface area contributed by atoms with Crippen LogP contribution in [-0.4, -0.2) is 98.1 Å². The molecule has 2 N–H and O–H groups in total. The van der Waals surface area contributed by atoms with Gasteiger partial charge in [-0.3, -0.25) is 29.1 Å². The predicted molar refractivity (Wildman–Crippen MR) is 217 cm³/mol. The van der Waals surface area contributed by atoms with Crippen molar-refractivity contribution in [2.45, 2.75) is 36.9 Å². The van der Waals surface area contributed by atoms with Gasteiger partial charge in [0.05, 0.1) is 12.4 Å². The first kappa shape index (κ1) is 39.1. The van der Waals surface area contributed by atoms with Gasteiger partial charge in [0.25, 0.3) is 0 Å². The maximum atomic E-state index is 12.5. The number of carbonyl (C=O) groups is 5. The lowest BCUT2D eigenvalue weighted by Crippen LogP contribution is -2.51. The summed E-state index contributed by atoms with van der Waals surface area (Å²) < 4.78 is 18.1. The molecule has 15 heteroatoms. The number of likely N-dealkylation sites (tertiary alicyclic amines) is 1. The number of carbonyl (C=O) groups excluding carboxylic acids is 5. The van der Waals surface area contributed by atoms with Gasteiger partial charge < -0.3 is 29.5 Å². The summed E-state index contributed by atoms with van der Waals surface area (Å²) >= 11 is 2.87. The van der Waals surface area contributed by atoms with E-state index in [0.717, 1.165) is 37.2 Å². The number of amides is 1. The number of allylic oxidation sites excluding steroid dienone is 2. The van der Waals surface area contributed by atoms with Crippen LogP contribution in [0.1, 0.15) is 57.5 Å². The molecule has 0 unspecified atom stereocenters. The summed E-state index contributed by atoms with van der Waals surface area (Å²) in [6.45, 7) is 2.82. The molecular formula is C43H38N4O9S2. The highest BCUT2D eigenvalue weighted by Crippen LogP contribution is 2.48. The molecule has 13 nitrogen and oxygen atoms in total. The quantitative estimate of drug-likeness (QED) is 0.211. The minimum Gasteiger partial charge on any atom is -0.506 e. The Hall–Kier alpha value is -5.77. The van der Waals surface area contributed by atoms with Gasteiger partial charge >= 0.3 is 6.09 Å². The first-order valence-corrected chi connectivity index (χ1v) is 20.8. The Morgan fingerprint density at radius 2 is 1.16 bits per heavy atom. The number of aromatic nitrogens is 2. The van der Waals surface area contributed by atoms with Crippen molar-refractivity contribution in [3.8, 4) is 11.5 Å². The van der Waals surface area contributed by atoms with Gasteiger partial charge in [-0.1, -0.05) is 48.5 Å². The normalized spacial score (nSPS) is 19.8. The number of Topliss-reactive ketones (excluding diaryl/α,β-unsaturated/α-hetero) is 4. The van der Waals surface area contributed by atoms with Gasteiger partial charge in [0.2, 0.25) is 23.1 Å². The molecule has 4 aromatic rings. The van der Waals surface area contributed by atoms with Crippen LogP contribution in [0.4, 0.5) is 4.79 Å². The molecule has 6 aliphatic rings. The van der Waals surface area contributed by atoms with E-state index in [1.807, 2.05) is 24.3 Å². The number of benzene rings is 2. The highest BCUT2D eigenvalue weighted by atomic mass is 32.2. The van der Waals surface area contributed by atoms with E-state index in [9.17, 15) is 24.0 Å². The third-order valence-corrected chi connectivity index (χ3v) is 13.3. The molecule has 296 valence electrons. The summed E-state index contributed by atoms with van der Waals surface area (Å²) in [5.74, 6) is 1.23. The first-order chi connectivity index (χ1) is 28.2. The number of nitrogens with zero attached hydrogens (tertiary/aromatic N) is 3. The minimum absolute atomic E-state index is 0.206. The molecule has 2 aliphatic carbocycles. The third kappa shape index (κ3) is 7.89. The van der Waals surface area contributed by atoms with Crippen molar-refractivity contribution in [2.24, 2.45) is 0 Å². The van der Waals surface area contributed by atoms with E-state index in [1.165, 1.54) is 35.9 Å². The van der Waals surface area contributed by atoms with Crippen LogP contribution in [0.2, 0.25) is 0 Å². The summed E-state index contributed by atoms with van der Waals surface area (Å²) in [5.41, 5.74) is 1.60. The highest BCUT2D eigenvalue weighted by molar-refractivity contribution is 8.04. The highest BCUT2D eigenvalue weighted by Gasteiger charge is 2.47. The van der Waals surface area contributed by atoms with Gasteiger partial charge in [-0.2, -0.15) is 0 Å². The number of ketones is 4. The van der Waals surface area contributed by atoms with Gasteiger partial charge in [-0.25, -0.2) is 4.79 Å². The van der Waals surface area contributed by atoms with Crippen molar-refractivity contribution in [3.63, 3.8) is 0 Å². The maximum Gasteiger partial charge on any atom is 0.415 e. The number of pyridine rings is 2. The van der Waals surface area contributed by atoms with Crippen molar-refractivity contribution in [1.29, 1.82) is 0 Å². The molecule has 2 saturated heterocycles. The molecule has 0 bridgehead atoms. The lowest BCUT2D eigenvalue weighted by Gasteiger charge is -2.45. The molecule has 4 aliphatic heterocycles. The van der Waals surface area contributed by atoms with Crippen molar-refractivity contribution in [1.82, 2.24) is 20.2 Å². The zero-order valence-electron chi connectivity index (χ0n) is 31.2. The van der Waals surface area contributed by atoms with Crippen LogP contribution < -0.4 is 10.1 Å². The summed E-state index contributed by atoms with van der Waals surface area (Å²) in [7, 11) is 0. The molecule has 6 heterocycles. The Balaban J connectivity index is 0.000000144. The number of piperidine rings is 2. The van der Waals surface area contributed by atoms with Crippen molar-refractivity contribution < 1.29 is 43.3 Å². The Bertz CT molecular complexity index is 2340. The van der Waals surface area contributed by atoms with Crippen molar-refractivity contribution in [3.05, 3.63) is 130 Å². The Morgan fingerprint density at radius 3 is 1.62 bits per heavy atom. The van der Waals surface area contributed by atoms with Crippen molar-refractivity contribution in [2.75, 3.05) is 37.7 Å². The van der Waals surface area contributed by atoms with Crippen LogP contribution in [-0.2, 0) is 19.1 Å². The maximum absolute atomic E-state index is 12.5. The second kappa shape index (κ2) is 16.6. The third-order valence-electron chi connectivity index (χ3n) is 10.6. The molecule has 58 heavy (non-hydrogen) atoms. The van der Waals surface area contributed by atoms with Crippen LogP contribution in [0, 0.1) is 0 Å². The van der Waals surface area contributed by atoms with Gasteiger partial charge in [0.1, 0.15) is 38.3 Å². The fourth-order valence-corrected chi connectivity index (χ4v) is 9.95. The van der Waals surface area contributed by atoms with E-state index >= 15 is 0 Å². The zero-order chi connectivity index (χ0) is 40.3. The Kier molecular flexibility index (Phi) is 11.2. The number of rotatable bonds is 1. The number of nitrogens with one attached hydrogen (secondary N) is 1. The SMILES string of the molecule is O=C1C(=O)c2ccccc2C2=C1SCC1(CCN(C(=O)Oc3cccnc3)CC1)O2.O=C1C(=O)c2ccccc2C2=C1SCC1(CCNCC1)O2.Oc1cccnc1. The minimum atomic E-state index is -0.499. The molecular weight excluding hydrogens is 781 g/mol. The lowest BCUT2D eigenvalue weighted by molar-refractivity contribution is -0.112. The largest absolute Gasteiger partial charge is 0.506 e. The molecule has 0 radical (unpaired) electrons. The summed E-state index contributed by atoms with van der Waals surface area (Å²) in [5, 5.41) is 11.9. The molecule has 1 amide bonds. The molecule has 2 spiro atoms. The number of hydrogen-bond acceptors (Lipinski definition) is 14. The molecule has 10 rings (SSSR count). The van der Waals surface area contributed by atoms with Crippen LogP contribution in [0.3, 0.4) is 0 Å². The first-order valence-electron chi connectivity index (χ1n) is 18.8. The van der Waals surface area contributed by atoms with Gasteiger partial charge in [-0.05, 0) is 37.4 Å². The fourth-order valence-electron chi connectivity index (χ4n) is 7.42.